The van der Waals surface area contributed by atoms with Crippen LogP contribution >= 0.6 is 12.2 Å². The average Bonchev–Trinajstić information content (AvgIpc) is 2.46. The number of amides is 3. The molecule has 2 aliphatic rings. The lowest BCUT2D eigenvalue weighted by Crippen LogP contribution is -2.63. The second-order valence-corrected chi connectivity index (χ2v) is 6.22. The Morgan fingerprint density at radius 1 is 1.38 bits per heavy atom. The summed E-state index contributed by atoms with van der Waals surface area (Å²) in [7, 11) is 0. The van der Waals surface area contributed by atoms with E-state index in [0.29, 0.717) is 19.3 Å². The van der Waals surface area contributed by atoms with Gasteiger partial charge in [0.15, 0.2) is 0 Å². The molecular formula is C14H21N3O3S. The third-order valence-corrected chi connectivity index (χ3v) is 4.88. The van der Waals surface area contributed by atoms with E-state index in [0.717, 1.165) is 19.3 Å². The van der Waals surface area contributed by atoms with Gasteiger partial charge in [-0.1, -0.05) is 38.4 Å². The van der Waals surface area contributed by atoms with Crippen molar-refractivity contribution in [1.29, 1.82) is 0 Å². The van der Waals surface area contributed by atoms with Gasteiger partial charge in [-0.05, 0) is 19.3 Å². The molecule has 1 aliphatic heterocycles. The monoisotopic (exact) mass is 311 g/mol. The number of rotatable bonds is 3. The number of carbonyl (C=O) groups is 3. The first kappa shape index (κ1) is 15.9. The van der Waals surface area contributed by atoms with Gasteiger partial charge < -0.3 is 10.6 Å². The Bertz CT molecular complexity index is 486. The van der Waals surface area contributed by atoms with E-state index in [4.69, 9.17) is 18.0 Å². The first-order valence-electron chi connectivity index (χ1n) is 7.37. The highest BCUT2D eigenvalue weighted by Crippen LogP contribution is 2.39. The Morgan fingerprint density at radius 3 is 2.52 bits per heavy atom. The quantitative estimate of drug-likeness (QED) is 0.584. The molecule has 7 heteroatoms. The predicted octanol–water partition coefficient (Wildman–Crippen LogP) is 0.487. The van der Waals surface area contributed by atoms with E-state index < -0.39 is 23.3 Å². The molecule has 116 valence electrons. The third kappa shape index (κ3) is 2.79. The summed E-state index contributed by atoms with van der Waals surface area (Å²) < 4.78 is 0. The molecule has 0 bridgehead atoms. The van der Waals surface area contributed by atoms with Crippen molar-refractivity contribution in [3.8, 4) is 0 Å². The Labute approximate surface area is 129 Å². The summed E-state index contributed by atoms with van der Waals surface area (Å²) in [6.45, 7) is 1.71. The van der Waals surface area contributed by atoms with Crippen LogP contribution in [0, 0.1) is 5.41 Å². The summed E-state index contributed by atoms with van der Waals surface area (Å²) in [5.74, 6) is -1.13. The summed E-state index contributed by atoms with van der Waals surface area (Å²) in [5.41, 5.74) is 4.97. The molecule has 0 radical (unpaired) electrons. The van der Waals surface area contributed by atoms with Gasteiger partial charge in [-0.15, -0.1) is 0 Å². The van der Waals surface area contributed by atoms with Gasteiger partial charge in [0.05, 0.1) is 10.4 Å². The van der Waals surface area contributed by atoms with Crippen molar-refractivity contribution < 1.29 is 14.4 Å². The highest BCUT2D eigenvalue weighted by atomic mass is 32.1. The third-order valence-electron chi connectivity index (χ3n) is 4.49. The maximum atomic E-state index is 13.0. The smallest absolute Gasteiger partial charge is 0.249 e. The molecule has 2 rings (SSSR count). The standard InChI is InChI=1S/C14H21N3O3S/c1-2-9-11(19)16-10(18)8-17(9)13(20)14(12(15)21)6-4-3-5-7-14/h9H,2-8H2,1H3,(H2,15,21)(H,16,18,19). The first-order chi connectivity index (χ1) is 9.92. The molecule has 6 nitrogen and oxygen atoms in total. The minimum Gasteiger partial charge on any atom is -0.392 e. The zero-order chi connectivity index (χ0) is 15.6. The maximum Gasteiger partial charge on any atom is 0.249 e. The van der Waals surface area contributed by atoms with E-state index in [-0.39, 0.29) is 17.4 Å². The van der Waals surface area contributed by atoms with Crippen LogP contribution in [-0.4, -0.2) is 40.2 Å². The zero-order valence-electron chi connectivity index (χ0n) is 12.2. The van der Waals surface area contributed by atoms with Gasteiger partial charge >= 0.3 is 0 Å². The SMILES string of the molecule is CCC1C(=O)NC(=O)CN1C(=O)C1(C(N)=S)CCCCC1. The molecule has 2 fully saturated rings. The molecule has 1 unspecified atom stereocenters. The second kappa shape index (κ2) is 6.09. The van der Waals surface area contributed by atoms with Gasteiger partial charge in [-0.25, -0.2) is 0 Å². The Morgan fingerprint density at radius 2 is 2.00 bits per heavy atom. The van der Waals surface area contributed by atoms with E-state index >= 15 is 0 Å². The Balaban J connectivity index is 2.32. The average molecular weight is 311 g/mol. The molecule has 1 atom stereocenters. The lowest BCUT2D eigenvalue weighted by molar-refractivity contribution is -0.154. The van der Waals surface area contributed by atoms with E-state index in [1.807, 2.05) is 6.92 Å². The number of piperazine rings is 1. The minimum atomic E-state index is -0.890. The van der Waals surface area contributed by atoms with E-state index in [2.05, 4.69) is 5.32 Å². The van der Waals surface area contributed by atoms with Crippen molar-refractivity contribution in [3.05, 3.63) is 0 Å². The minimum absolute atomic E-state index is 0.104. The van der Waals surface area contributed by atoms with Crippen LogP contribution in [0.5, 0.6) is 0 Å². The molecule has 0 aromatic rings. The van der Waals surface area contributed by atoms with Crippen LogP contribution < -0.4 is 11.1 Å². The lowest BCUT2D eigenvalue weighted by atomic mass is 9.72. The fraction of sp³-hybridized carbons (Fsp3) is 0.714. The van der Waals surface area contributed by atoms with Crippen LogP contribution in [0.1, 0.15) is 45.4 Å². The summed E-state index contributed by atoms with van der Waals surface area (Å²) in [5, 5.41) is 2.27. The normalized spacial score (nSPS) is 25.4. The fourth-order valence-electron chi connectivity index (χ4n) is 3.28. The van der Waals surface area contributed by atoms with Gasteiger partial charge in [0.2, 0.25) is 17.7 Å². The van der Waals surface area contributed by atoms with Crippen LogP contribution in [0.15, 0.2) is 0 Å². The van der Waals surface area contributed by atoms with Crippen molar-refractivity contribution in [2.75, 3.05) is 6.54 Å². The number of hydrogen-bond acceptors (Lipinski definition) is 4. The van der Waals surface area contributed by atoms with Crippen molar-refractivity contribution in [2.24, 2.45) is 11.1 Å². The molecule has 0 spiro atoms. The van der Waals surface area contributed by atoms with Crippen LogP contribution in [0.2, 0.25) is 0 Å². The van der Waals surface area contributed by atoms with Crippen molar-refractivity contribution in [2.45, 2.75) is 51.5 Å². The number of nitrogens with two attached hydrogens (primary N) is 1. The molecule has 3 amide bonds. The number of imide groups is 1. The first-order valence-corrected chi connectivity index (χ1v) is 7.78. The molecule has 0 aromatic carbocycles. The molecular weight excluding hydrogens is 290 g/mol. The van der Waals surface area contributed by atoms with Crippen LogP contribution in [0.3, 0.4) is 0 Å². The van der Waals surface area contributed by atoms with Crippen LogP contribution in [0.4, 0.5) is 0 Å². The Hall–Kier alpha value is -1.50. The predicted molar refractivity (Wildman–Crippen MR) is 81.2 cm³/mol. The van der Waals surface area contributed by atoms with Gasteiger partial charge in [-0.2, -0.15) is 0 Å². The number of hydrogen-bond donors (Lipinski definition) is 2. The van der Waals surface area contributed by atoms with Crippen molar-refractivity contribution >= 4 is 34.9 Å². The summed E-state index contributed by atoms with van der Waals surface area (Å²) in [6, 6.07) is -0.622. The van der Waals surface area contributed by atoms with Gasteiger partial charge in [0.1, 0.15) is 12.6 Å². The second-order valence-electron chi connectivity index (χ2n) is 5.78. The summed E-state index contributed by atoms with van der Waals surface area (Å²) in [4.78, 5) is 38.1. The summed E-state index contributed by atoms with van der Waals surface area (Å²) >= 11 is 5.15. The highest BCUT2D eigenvalue weighted by molar-refractivity contribution is 7.80. The molecule has 0 aromatic heterocycles. The molecule has 1 saturated heterocycles. The zero-order valence-corrected chi connectivity index (χ0v) is 13.0. The Kier molecular flexibility index (Phi) is 4.61. The van der Waals surface area contributed by atoms with E-state index in [9.17, 15) is 14.4 Å². The molecule has 21 heavy (non-hydrogen) atoms. The molecule has 1 heterocycles. The number of nitrogens with zero attached hydrogens (tertiary/aromatic N) is 1. The molecule has 1 saturated carbocycles. The van der Waals surface area contributed by atoms with Gasteiger partial charge in [0.25, 0.3) is 0 Å². The number of thiocarbonyl (C=S) groups is 1. The van der Waals surface area contributed by atoms with Crippen molar-refractivity contribution in [3.63, 3.8) is 0 Å². The largest absolute Gasteiger partial charge is 0.392 e. The van der Waals surface area contributed by atoms with Gasteiger partial charge in [-0.3, -0.25) is 19.7 Å². The molecule has 3 N–H and O–H groups in total. The lowest BCUT2D eigenvalue weighted by Gasteiger charge is -2.42. The van der Waals surface area contributed by atoms with Crippen molar-refractivity contribution in [1.82, 2.24) is 10.2 Å². The van der Waals surface area contributed by atoms with E-state index in [1.165, 1.54) is 4.90 Å². The molecule has 1 aliphatic carbocycles. The maximum absolute atomic E-state index is 13.0. The highest BCUT2D eigenvalue weighted by Gasteiger charge is 2.48. The van der Waals surface area contributed by atoms with E-state index in [1.54, 1.807) is 0 Å². The summed E-state index contributed by atoms with van der Waals surface area (Å²) in [6.07, 6.45) is 4.47. The van der Waals surface area contributed by atoms with Crippen LogP contribution in [0.25, 0.3) is 0 Å². The van der Waals surface area contributed by atoms with Gasteiger partial charge in [0, 0.05) is 0 Å². The fourth-order valence-corrected chi connectivity index (χ4v) is 3.57. The number of nitrogens with one attached hydrogen (secondary N) is 1. The number of carbonyl (C=O) groups excluding carboxylic acids is 3. The van der Waals surface area contributed by atoms with Crippen LogP contribution in [-0.2, 0) is 14.4 Å². The topological polar surface area (TPSA) is 92.5 Å².